The number of hydrogen-bond donors (Lipinski definition) is 1. The van der Waals surface area contributed by atoms with Gasteiger partial charge in [0, 0.05) is 5.56 Å². The standard InChI is InChI=1S/C13H13NO4/c1-8(2)18-10-5-3-9(4-6-10)12-14-11(7-17-12)13(15)16/h3-8H,1-2H3,(H,15,16). The minimum Gasteiger partial charge on any atom is -0.491 e. The van der Waals surface area contributed by atoms with Crippen LogP contribution in [0.1, 0.15) is 24.3 Å². The topological polar surface area (TPSA) is 72.6 Å². The van der Waals surface area contributed by atoms with Gasteiger partial charge in [0.15, 0.2) is 5.69 Å². The van der Waals surface area contributed by atoms with Gasteiger partial charge in [0.25, 0.3) is 0 Å². The lowest BCUT2D eigenvalue weighted by atomic mass is 10.2. The SMILES string of the molecule is CC(C)Oc1ccc(-c2nc(C(=O)O)co2)cc1. The molecule has 0 unspecified atom stereocenters. The molecule has 0 amide bonds. The Morgan fingerprint density at radius 3 is 2.50 bits per heavy atom. The minimum atomic E-state index is -1.11. The van der Waals surface area contributed by atoms with Crippen molar-refractivity contribution in [2.24, 2.45) is 0 Å². The number of carboxylic acids is 1. The summed E-state index contributed by atoms with van der Waals surface area (Å²) >= 11 is 0. The first-order valence-electron chi connectivity index (χ1n) is 5.52. The Kier molecular flexibility index (Phi) is 3.32. The molecule has 18 heavy (non-hydrogen) atoms. The molecule has 0 saturated carbocycles. The number of carboxylic acid groups (broad SMARTS) is 1. The molecule has 2 rings (SSSR count). The van der Waals surface area contributed by atoms with E-state index in [2.05, 4.69) is 4.98 Å². The molecule has 1 aromatic heterocycles. The lowest BCUT2D eigenvalue weighted by Gasteiger charge is -2.09. The first-order chi connectivity index (χ1) is 8.56. The van der Waals surface area contributed by atoms with Crippen LogP contribution >= 0.6 is 0 Å². The second-order valence-corrected chi connectivity index (χ2v) is 4.03. The summed E-state index contributed by atoms with van der Waals surface area (Å²) in [6.07, 6.45) is 1.23. The van der Waals surface area contributed by atoms with Crippen molar-refractivity contribution in [3.05, 3.63) is 36.2 Å². The predicted octanol–water partition coefficient (Wildman–Crippen LogP) is 2.83. The van der Waals surface area contributed by atoms with Crippen LogP contribution in [-0.4, -0.2) is 22.2 Å². The third-order valence-electron chi connectivity index (χ3n) is 2.20. The molecule has 0 spiro atoms. The van der Waals surface area contributed by atoms with Crippen LogP contribution in [-0.2, 0) is 0 Å². The molecule has 1 N–H and O–H groups in total. The van der Waals surface area contributed by atoms with Gasteiger partial charge in [-0.1, -0.05) is 0 Å². The summed E-state index contributed by atoms with van der Waals surface area (Å²) in [5.41, 5.74) is 0.603. The van der Waals surface area contributed by atoms with Crippen molar-refractivity contribution in [3.63, 3.8) is 0 Å². The number of aromatic carboxylic acids is 1. The number of ether oxygens (including phenoxy) is 1. The number of aromatic nitrogens is 1. The Bertz CT molecular complexity index is 542. The average Bonchev–Trinajstić information content (AvgIpc) is 2.78. The fourth-order valence-corrected chi connectivity index (χ4v) is 1.45. The third kappa shape index (κ3) is 2.68. The molecule has 0 atom stereocenters. The summed E-state index contributed by atoms with van der Waals surface area (Å²) < 4.78 is 10.6. The van der Waals surface area contributed by atoms with Crippen LogP contribution in [0.3, 0.4) is 0 Å². The zero-order valence-electron chi connectivity index (χ0n) is 10.1. The number of oxazole rings is 1. The molecule has 5 heteroatoms. The quantitative estimate of drug-likeness (QED) is 0.899. The fraction of sp³-hybridized carbons (Fsp3) is 0.231. The summed E-state index contributed by atoms with van der Waals surface area (Å²) in [5, 5.41) is 8.75. The van der Waals surface area contributed by atoms with Crippen LogP contribution in [0.15, 0.2) is 34.9 Å². The monoisotopic (exact) mass is 247 g/mol. The zero-order chi connectivity index (χ0) is 13.1. The third-order valence-corrected chi connectivity index (χ3v) is 2.20. The van der Waals surface area contributed by atoms with E-state index in [0.717, 1.165) is 12.0 Å². The molecule has 0 fully saturated rings. The summed E-state index contributed by atoms with van der Waals surface area (Å²) in [4.78, 5) is 14.5. The molecule has 2 aromatic rings. The van der Waals surface area contributed by atoms with Gasteiger partial charge in [-0.3, -0.25) is 0 Å². The van der Waals surface area contributed by atoms with E-state index >= 15 is 0 Å². The van der Waals surface area contributed by atoms with Crippen molar-refractivity contribution in [3.8, 4) is 17.2 Å². The van der Waals surface area contributed by atoms with Crippen LogP contribution in [0.5, 0.6) is 5.75 Å². The van der Waals surface area contributed by atoms with Crippen molar-refractivity contribution in [2.75, 3.05) is 0 Å². The van der Waals surface area contributed by atoms with Gasteiger partial charge < -0.3 is 14.3 Å². The summed E-state index contributed by atoms with van der Waals surface area (Å²) in [5.74, 6) is -0.0768. The fourth-order valence-electron chi connectivity index (χ4n) is 1.45. The normalized spacial score (nSPS) is 10.6. The zero-order valence-corrected chi connectivity index (χ0v) is 10.1. The van der Waals surface area contributed by atoms with Gasteiger partial charge in [-0.15, -0.1) is 0 Å². The van der Waals surface area contributed by atoms with Gasteiger partial charge in [0.05, 0.1) is 6.10 Å². The van der Waals surface area contributed by atoms with E-state index in [-0.39, 0.29) is 17.7 Å². The number of carbonyl (C=O) groups is 1. The smallest absolute Gasteiger partial charge is 0.357 e. The highest BCUT2D eigenvalue weighted by Crippen LogP contribution is 2.22. The highest BCUT2D eigenvalue weighted by atomic mass is 16.5. The van der Waals surface area contributed by atoms with E-state index in [9.17, 15) is 4.79 Å². The summed E-state index contributed by atoms with van der Waals surface area (Å²) in [7, 11) is 0. The van der Waals surface area contributed by atoms with Crippen LogP contribution in [0, 0.1) is 0 Å². The second-order valence-electron chi connectivity index (χ2n) is 4.03. The Balaban J connectivity index is 2.20. The van der Waals surface area contributed by atoms with Gasteiger partial charge in [-0.05, 0) is 38.1 Å². The van der Waals surface area contributed by atoms with Gasteiger partial charge in [-0.2, -0.15) is 0 Å². The van der Waals surface area contributed by atoms with Crippen molar-refractivity contribution in [1.82, 2.24) is 4.98 Å². The molecule has 1 heterocycles. The first kappa shape index (κ1) is 12.2. The molecule has 1 aromatic carbocycles. The Hall–Kier alpha value is -2.30. The second kappa shape index (κ2) is 4.91. The van der Waals surface area contributed by atoms with Crippen molar-refractivity contribution in [2.45, 2.75) is 20.0 Å². The van der Waals surface area contributed by atoms with E-state index in [1.54, 1.807) is 24.3 Å². The highest BCUT2D eigenvalue weighted by Gasteiger charge is 2.11. The number of nitrogens with zero attached hydrogens (tertiary/aromatic N) is 1. The predicted molar refractivity (Wildman–Crippen MR) is 64.7 cm³/mol. The Labute approximate surface area is 104 Å². The van der Waals surface area contributed by atoms with E-state index in [4.69, 9.17) is 14.3 Å². The summed E-state index contributed by atoms with van der Waals surface area (Å²) in [6, 6.07) is 7.13. The van der Waals surface area contributed by atoms with Crippen molar-refractivity contribution >= 4 is 5.97 Å². The van der Waals surface area contributed by atoms with Crippen molar-refractivity contribution in [1.29, 1.82) is 0 Å². The average molecular weight is 247 g/mol. The lowest BCUT2D eigenvalue weighted by molar-refractivity contribution is 0.0690. The molecular formula is C13H13NO4. The van der Waals surface area contributed by atoms with E-state index in [1.165, 1.54) is 0 Å². The molecular weight excluding hydrogens is 234 g/mol. The maximum atomic E-state index is 10.7. The summed E-state index contributed by atoms with van der Waals surface area (Å²) in [6.45, 7) is 3.89. The Morgan fingerprint density at radius 2 is 2.00 bits per heavy atom. The lowest BCUT2D eigenvalue weighted by Crippen LogP contribution is -2.05. The molecule has 94 valence electrons. The van der Waals surface area contributed by atoms with E-state index in [1.807, 2.05) is 13.8 Å². The highest BCUT2D eigenvalue weighted by molar-refractivity contribution is 5.85. The minimum absolute atomic E-state index is 0.104. The van der Waals surface area contributed by atoms with Crippen LogP contribution in [0.25, 0.3) is 11.5 Å². The maximum Gasteiger partial charge on any atom is 0.357 e. The van der Waals surface area contributed by atoms with Gasteiger partial charge in [-0.25, -0.2) is 9.78 Å². The molecule has 5 nitrogen and oxygen atoms in total. The first-order valence-corrected chi connectivity index (χ1v) is 5.52. The van der Waals surface area contributed by atoms with Crippen LogP contribution < -0.4 is 4.74 Å². The van der Waals surface area contributed by atoms with E-state index in [0.29, 0.717) is 5.56 Å². The van der Waals surface area contributed by atoms with Gasteiger partial charge in [0.1, 0.15) is 12.0 Å². The Morgan fingerprint density at radius 1 is 1.33 bits per heavy atom. The van der Waals surface area contributed by atoms with E-state index < -0.39 is 5.97 Å². The maximum absolute atomic E-state index is 10.7. The number of rotatable bonds is 4. The molecule has 0 bridgehead atoms. The van der Waals surface area contributed by atoms with Crippen LogP contribution in [0.2, 0.25) is 0 Å². The molecule has 0 saturated heterocycles. The molecule has 0 aliphatic heterocycles. The largest absolute Gasteiger partial charge is 0.491 e. The molecule has 0 radical (unpaired) electrons. The number of hydrogen-bond acceptors (Lipinski definition) is 4. The van der Waals surface area contributed by atoms with Gasteiger partial charge >= 0.3 is 5.97 Å². The molecule has 0 aliphatic carbocycles. The van der Waals surface area contributed by atoms with Crippen molar-refractivity contribution < 1.29 is 19.1 Å². The molecule has 0 aliphatic rings. The number of benzene rings is 1. The van der Waals surface area contributed by atoms with Crippen LogP contribution in [0.4, 0.5) is 0 Å². The van der Waals surface area contributed by atoms with Gasteiger partial charge in [0.2, 0.25) is 5.89 Å².